The summed E-state index contributed by atoms with van der Waals surface area (Å²) in [7, 11) is -7.13. The van der Waals surface area contributed by atoms with Crippen LogP contribution in [-0.4, -0.2) is 42.3 Å². The summed E-state index contributed by atoms with van der Waals surface area (Å²) < 4.78 is 64.5. The summed E-state index contributed by atoms with van der Waals surface area (Å²) in [5, 5.41) is 0. The molecular formula is C18H20N2O6S2. The lowest BCUT2D eigenvalue weighted by molar-refractivity contribution is 0.171. The minimum atomic E-state index is -3.84. The largest absolute Gasteiger partial charge is 0.486 e. The molecule has 0 radical (unpaired) electrons. The lowest BCUT2D eigenvalue weighted by Crippen LogP contribution is -2.25. The Kier molecular flexibility index (Phi) is 4.62. The second-order valence-electron chi connectivity index (χ2n) is 6.65. The number of rotatable bonds is 4. The molecule has 1 N–H and O–H groups in total. The third kappa shape index (κ3) is 3.49. The number of sulfonamides is 2. The zero-order valence-electron chi connectivity index (χ0n) is 15.2. The third-order valence-electron chi connectivity index (χ3n) is 4.67. The SMILES string of the molecule is Cc1cc(N2CCCS2(=O)=O)ccc1NS(=O)(=O)c1ccc2c(c1)OCCO2. The molecule has 0 atom stereocenters. The second kappa shape index (κ2) is 6.85. The van der Waals surface area contributed by atoms with Crippen LogP contribution in [0, 0.1) is 6.92 Å². The molecular weight excluding hydrogens is 404 g/mol. The van der Waals surface area contributed by atoms with Crippen molar-refractivity contribution in [3.8, 4) is 11.5 Å². The Balaban J connectivity index is 1.60. The van der Waals surface area contributed by atoms with Crippen LogP contribution in [0.3, 0.4) is 0 Å². The van der Waals surface area contributed by atoms with Gasteiger partial charge in [-0.3, -0.25) is 9.03 Å². The molecule has 0 spiro atoms. The van der Waals surface area contributed by atoms with Crippen molar-refractivity contribution in [2.75, 3.05) is 34.5 Å². The molecule has 1 fully saturated rings. The molecule has 0 aromatic heterocycles. The van der Waals surface area contributed by atoms with Gasteiger partial charge in [-0.05, 0) is 49.2 Å². The first-order valence-corrected chi connectivity index (χ1v) is 11.9. The normalized spacial score (nSPS) is 18.1. The van der Waals surface area contributed by atoms with Gasteiger partial charge in [-0.25, -0.2) is 16.8 Å². The number of hydrogen-bond donors (Lipinski definition) is 1. The Labute approximate surface area is 164 Å². The van der Waals surface area contributed by atoms with Gasteiger partial charge in [0.15, 0.2) is 11.5 Å². The van der Waals surface area contributed by atoms with Gasteiger partial charge in [-0.2, -0.15) is 0 Å². The number of anilines is 2. The molecule has 4 rings (SSSR count). The van der Waals surface area contributed by atoms with E-state index in [1.165, 1.54) is 16.4 Å². The standard InChI is InChI=1S/C18H20N2O6S2/c1-13-11-14(20-7-2-10-27(20,21)22)3-5-16(13)19-28(23,24)15-4-6-17-18(12-15)26-9-8-25-17/h3-6,11-12,19H,2,7-10H2,1H3. The third-order valence-corrected chi connectivity index (χ3v) is 7.90. The molecule has 0 bridgehead atoms. The molecule has 0 amide bonds. The maximum Gasteiger partial charge on any atom is 0.262 e. The average Bonchev–Trinajstić information content (AvgIpc) is 3.02. The van der Waals surface area contributed by atoms with Crippen molar-refractivity contribution < 1.29 is 26.3 Å². The van der Waals surface area contributed by atoms with Crippen molar-refractivity contribution in [1.29, 1.82) is 0 Å². The highest BCUT2D eigenvalue weighted by Gasteiger charge is 2.29. The maximum atomic E-state index is 12.8. The van der Waals surface area contributed by atoms with Gasteiger partial charge >= 0.3 is 0 Å². The van der Waals surface area contributed by atoms with Gasteiger partial charge in [0.05, 0.1) is 22.0 Å². The first kappa shape index (κ1) is 18.9. The van der Waals surface area contributed by atoms with E-state index in [9.17, 15) is 16.8 Å². The number of fused-ring (bicyclic) bond motifs is 1. The van der Waals surface area contributed by atoms with Crippen LogP contribution in [0.25, 0.3) is 0 Å². The van der Waals surface area contributed by atoms with E-state index in [0.29, 0.717) is 54.6 Å². The van der Waals surface area contributed by atoms with Gasteiger partial charge in [-0.1, -0.05) is 0 Å². The quantitative estimate of drug-likeness (QED) is 0.807. The summed E-state index contributed by atoms with van der Waals surface area (Å²) in [6.07, 6.45) is 0.583. The second-order valence-corrected chi connectivity index (χ2v) is 10.3. The monoisotopic (exact) mass is 424 g/mol. The number of benzene rings is 2. The van der Waals surface area contributed by atoms with Crippen molar-refractivity contribution in [2.45, 2.75) is 18.2 Å². The maximum absolute atomic E-state index is 12.8. The van der Waals surface area contributed by atoms with Crippen molar-refractivity contribution in [3.05, 3.63) is 42.0 Å². The summed E-state index contributed by atoms with van der Waals surface area (Å²) in [6.45, 7) is 2.96. The fourth-order valence-corrected chi connectivity index (χ4v) is 5.94. The molecule has 28 heavy (non-hydrogen) atoms. The number of aryl methyl sites for hydroxylation is 1. The van der Waals surface area contributed by atoms with Crippen molar-refractivity contribution in [3.63, 3.8) is 0 Å². The van der Waals surface area contributed by atoms with E-state index in [0.717, 1.165) is 0 Å². The van der Waals surface area contributed by atoms with E-state index in [2.05, 4.69) is 4.72 Å². The van der Waals surface area contributed by atoms with Crippen LogP contribution in [0.1, 0.15) is 12.0 Å². The van der Waals surface area contributed by atoms with Gasteiger partial charge in [0.25, 0.3) is 10.0 Å². The number of nitrogens with zero attached hydrogens (tertiary/aromatic N) is 1. The van der Waals surface area contributed by atoms with E-state index in [4.69, 9.17) is 9.47 Å². The Bertz CT molecular complexity index is 1130. The molecule has 2 aromatic rings. The number of nitrogens with one attached hydrogen (secondary N) is 1. The van der Waals surface area contributed by atoms with Crippen LogP contribution in [0.4, 0.5) is 11.4 Å². The van der Waals surface area contributed by atoms with E-state index in [-0.39, 0.29) is 10.6 Å². The van der Waals surface area contributed by atoms with Crippen molar-refractivity contribution in [2.24, 2.45) is 0 Å². The Morgan fingerprint density at radius 2 is 1.79 bits per heavy atom. The summed E-state index contributed by atoms with van der Waals surface area (Å²) in [4.78, 5) is 0.0577. The van der Waals surface area contributed by atoms with Crippen molar-refractivity contribution in [1.82, 2.24) is 0 Å². The van der Waals surface area contributed by atoms with Crippen LogP contribution in [0.2, 0.25) is 0 Å². The first-order valence-electron chi connectivity index (χ1n) is 8.80. The summed E-state index contributed by atoms with van der Waals surface area (Å²) in [6, 6.07) is 9.31. The van der Waals surface area contributed by atoms with Crippen molar-refractivity contribution >= 4 is 31.4 Å². The molecule has 2 aromatic carbocycles. The van der Waals surface area contributed by atoms with E-state index < -0.39 is 20.0 Å². The molecule has 0 aliphatic carbocycles. The molecule has 8 nitrogen and oxygen atoms in total. The van der Waals surface area contributed by atoms with Gasteiger partial charge in [0.1, 0.15) is 13.2 Å². The molecule has 2 aliphatic heterocycles. The molecule has 0 saturated carbocycles. The van der Waals surface area contributed by atoms with E-state index in [1.807, 2.05) is 0 Å². The lowest BCUT2D eigenvalue weighted by atomic mass is 10.2. The molecule has 150 valence electrons. The fourth-order valence-electron chi connectivity index (χ4n) is 3.24. The Morgan fingerprint density at radius 3 is 2.46 bits per heavy atom. The van der Waals surface area contributed by atoms with E-state index >= 15 is 0 Å². The smallest absolute Gasteiger partial charge is 0.262 e. The molecule has 2 aliphatic rings. The molecule has 10 heteroatoms. The highest BCUT2D eigenvalue weighted by Crippen LogP contribution is 2.33. The average molecular weight is 425 g/mol. The van der Waals surface area contributed by atoms with Crippen LogP contribution < -0.4 is 18.5 Å². The van der Waals surface area contributed by atoms with Gasteiger partial charge < -0.3 is 9.47 Å². The predicted octanol–water partition coefficient (Wildman–Crippen LogP) is 2.11. The van der Waals surface area contributed by atoms with Gasteiger partial charge in [-0.15, -0.1) is 0 Å². The first-order chi connectivity index (χ1) is 13.3. The minimum Gasteiger partial charge on any atom is -0.486 e. The fraction of sp³-hybridized carbons (Fsp3) is 0.333. The van der Waals surface area contributed by atoms with Crippen LogP contribution in [-0.2, 0) is 20.0 Å². The molecule has 0 unspecified atom stereocenters. The van der Waals surface area contributed by atoms with E-state index in [1.54, 1.807) is 31.2 Å². The lowest BCUT2D eigenvalue weighted by Gasteiger charge is -2.20. The zero-order valence-corrected chi connectivity index (χ0v) is 16.8. The predicted molar refractivity (Wildman–Crippen MR) is 105 cm³/mol. The van der Waals surface area contributed by atoms with Crippen LogP contribution in [0.15, 0.2) is 41.3 Å². The van der Waals surface area contributed by atoms with Gasteiger partial charge in [0.2, 0.25) is 10.0 Å². The molecule has 1 saturated heterocycles. The summed E-state index contributed by atoms with van der Waals surface area (Å²) in [5.74, 6) is 1.03. The van der Waals surface area contributed by atoms with Gasteiger partial charge in [0, 0.05) is 12.6 Å². The summed E-state index contributed by atoms with van der Waals surface area (Å²) in [5.41, 5.74) is 1.55. The zero-order chi connectivity index (χ0) is 19.9. The molecule has 2 heterocycles. The topological polar surface area (TPSA) is 102 Å². The Morgan fingerprint density at radius 1 is 1.04 bits per heavy atom. The minimum absolute atomic E-state index is 0.0577. The highest BCUT2D eigenvalue weighted by molar-refractivity contribution is 7.93. The van der Waals surface area contributed by atoms with Crippen LogP contribution in [0.5, 0.6) is 11.5 Å². The number of ether oxygens (including phenoxy) is 2. The number of hydrogen-bond acceptors (Lipinski definition) is 6. The highest BCUT2D eigenvalue weighted by atomic mass is 32.2. The summed E-state index contributed by atoms with van der Waals surface area (Å²) >= 11 is 0. The Hall–Kier alpha value is -2.46. The van der Waals surface area contributed by atoms with Crippen LogP contribution >= 0.6 is 0 Å².